The van der Waals surface area contributed by atoms with E-state index >= 15 is 0 Å². The molecule has 0 fully saturated rings. The fraction of sp³-hybridized carbons (Fsp3) is 0.143. The van der Waals surface area contributed by atoms with Gasteiger partial charge in [-0.25, -0.2) is 9.78 Å². The maximum Gasteiger partial charge on any atom is 0.322 e. The highest BCUT2D eigenvalue weighted by Crippen LogP contribution is 2.25. The number of hydrogen-bond acceptors (Lipinski definition) is 5. The van der Waals surface area contributed by atoms with Gasteiger partial charge in [-0.05, 0) is 24.3 Å². The Kier molecular flexibility index (Phi) is 6.19. The van der Waals surface area contributed by atoms with Crippen LogP contribution in [-0.4, -0.2) is 21.4 Å². The Hall–Kier alpha value is -2.09. The number of nitrogen functional groups attached to an aromatic ring is 1. The average molecular weight is 388 g/mol. The quantitative estimate of drug-likeness (QED) is 0.397. The molecule has 1 heterocycles. The molecule has 0 radical (unpaired) electrons. The lowest BCUT2D eigenvalue weighted by Gasteiger charge is -2.18. The van der Waals surface area contributed by atoms with Gasteiger partial charge in [-0.1, -0.05) is 41.4 Å². The third-order valence-corrected chi connectivity index (χ3v) is 3.77. The Morgan fingerprint density at radius 1 is 1.17 bits per heavy atom. The minimum Gasteiger partial charge on any atom is -0.382 e. The lowest BCUT2D eigenvalue weighted by molar-refractivity contribution is 0.250. The summed E-state index contributed by atoms with van der Waals surface area (Å²) in [5.74, 6) is 0.118. The first-order chi connectivity index (χ1) is 11.4. The van der Waals surface area contributed by atoms with Crippen molar-refractivity contribution in [2.45, 2.75) is 4.46 Å². The molecule has 7 nitrogen and oxygen atoms in total. The molecule has 2 rings (SSSR count). The molecule has 0 unspecified atom stereocenters. The number of alkyl halides is 3. The number of anilines is 2. The summed E-state index contributed by atoms with van der Waals surface area (Å²) < 4.78 is -1.58. The van der Waals surface area contributed by atoms with Crippen molar-refractivity contribution in [1.29, 1.82) is 0 Å². The van der Waals surface area contributed by atoms with Crippen LogP contribution in [0.4, 0.5) is 27.8 Å². The first-order valence-electron chi connectivity index (χ1n) is 6.66. The van der Waals surface area contributed by atoms with E-state index in [1.807, 2.05) is 18.2 Å². The predicted molar refractivity (Wildman–Crippen MR) is 96.6 cm³/mol. The maximum absolute atomic E-state index is 11.7. The van der Waals surface area contributed by atoms with Gasteiger partial charge in [-0.3, -0.25) is 5.32 Å². The maximum atomic E-state index is 11.7. The summed E-state index contributed by atoms with van der Waals surface area (Å²) in [6.45, 7) is 0. The molecule has 0 saturated heterocycles. The van der Waals surface area contributed by atoms with E-state index in [9.17, 15) is 4.79 Å². The molecule has 0 aliphatic carbocycles. The summed E-state index contributed by atoms with van der Waals surface area (Å²) in [4.78, 5) is 15.7. The molecule has 10 heteroatoms. The average Bonchev–Trinajstić information content (AvgIpc) is 2.54. The molecule has 0 spiro atoms. The number of carbonyl (C=O) groups is 1. The zero-order chi connectivity index (χ0) is 17.6. The van der Waals surface area contributed by atoms with E-state index in [-0.39, 0.29) is 17.5 Å². The van der Waals surface area contributed by atoms with Crippen molar-refractivity contribution in [1.82, 2.24) is 10.3 Å². The van der Waals surface area contributed by atoms with E-state index in [0.29, 0.717) is 11.4 Å². The standard InChI is InChI=1S/C14H13Cl3N6O/c15-8-14(16,17)21-13(24)20-11-7-6-10(12(18)19-11)23-22-9-4-2-1-3-5-9/h1-7H,8H2,(H4,18,19,20,21,24). The molecular weight excluding hydrogens is 375 g/mol. The number of amides is 2. The summed E-state index contributed by atoms with van der Waals surface area (Å²) in [6, 6.07) is 11.6. The van der Waals surface area contributed by atoms with Crippen LogP contribution < -0.4 is 16.4 Å². The molecule has 24 heavy (non-hydrogen) atoms. The smallest absolute Gasteiger partial charge is 0.322 e. The van der Waals surface area contributed by atoms with Crippen molar-refractivity contribution < 1.29 is 4.79 Å². The number of hydrogen-bond donors (Lipinski definition) is 3. The fourth-order valence-corrected chi connectivity index (χ4v) is 1.81. The Morgan fingerprint density at radius 3 is 2.50 bits per heavy atom. The Labute approximate surface area is 153 Å². The molecule has 0 saturated carbocycles. The van der Waals surface area contributed by atoms with E-state index in [1.165, 1.54) is 6.07 Å². The molecule has 2 amide bonds. The third kappa shape index (κ3) is 5.52. The second kappa shape index (κ2) is 8.14. The van der Waals surface area contributed by atoms with Gasteiger partial charge in [0.05, 0.1) is 11.6 Å². The van der Waals surface area contributed by atoms with Crippen LogP contribution in [0.3, 0.4) is 0 Å². The van der Waals surface area contributed by atoms with Gasteiger partial charge in [-0.2, -0.15) is 5.11 Å². The van der Waals surface area contributed by atoms with Gasteiger partial charge >= 0.3 is 6.03 Å². The Balaban J connectivity index is 2.04. The van der Waals surface area contributed by atoms with Gasteiger partial charge < -0.3 is 11.1 Å². The first kappa shape index (κ1) is 18.3. The van der Waals surface area contributed by atoms with E-state index in [0.717, 1.165) is 0 Å². The van der Waals surface area contributed by atoms with Crippen LogP contribution in [0.1, 0.15) is 0 Å². The molecular formula is C14H13Cl3N6O. The number of rotatable bonds is 5. The lowest BCUT2D eigenvalue weighted by atomic mass is 10.3. The van der Waals surface area contributed by atoms with Crippen LogP contribution >= 0.6 is 34.8 Å². The number of carbonyl (C=O) groups excluding carboxylic acids is 1. The zero-order valence-electron chi connectivity index (χ0n) is 12.2. The van der Waals surface area contributed by atoms with Crippen LogP contribution in [0, 0.1) is 0 Å². The zero-order valence-corrected chi connectivity index (χ0v) is 14.5. The number of pyridine rings is 1. The van der Waals surface area contributed by atoms with Gasteiger partial charge in [0.2, 0.25) is 4.46 Å². The molecule has 1 aromatic heterocycles. The van der Waals surface area contributed by atoms with E-state index in [1.54, 1.807) is 18.2 Å². The second-order valence-corrected chi connectivity index (χ2v) is 6.30. The van der Waals surface area contributed by atoms with Crippen LogP contribution in [0.5, 0.6) is 0 Å². The highest BCUT2D eigenvalue weighted by Gasteiger charge is 2.25. The number of nitrogens with zero attached hydrogens (tertiary/aromatic N) is 3. The number of halogens is 3. The van der Waals surface area contributed by atoms with Crippen LogP contribution in [0.25, 0.3) is 0 Å². The number of urea groups is 1. The van der Waals surface area contributed by atoms with Crippen molar-refractivity contribution >= 4 is 63.8 Å². The van der Waals surface area contributed by atoms with Gasteiger partial charge in [0.25, 0.3) is 0 Å². The van der Waals surface area contributed by atoms with Crippen molar-refractivity contribution in [3.8, 4) is 0 Å². The highest BCUT2D eigenvalue weighted by atomic mass is 35.5. The summed E-state index contributed by atoms with van der Waals surface area (Å²) >= 11 is 17.0. The van der Waals surface area contributed by atoms with Crippen LogP contribution in [0.2, 0.25) is 0 Å². The van der Waals surface area contributed by atoms with Gasteiger partial charge in [-0.15, -0.1) is 16.7 Å². The molecule has 0 atom stereocenters. The van der Waals surface area contributed by atoms with E-state index in [4.69, 9.17) is 40.5 Å². The molecule has 0 bridgehead atoms. The topological polar surface area (TPSA) is 105 Å². The van der Waals surface area contributed by atoms with E-state index < -0.39 is 10.5 Å². The largest absolute Gasteiger partial charge is 0.382 e. The SMILES string of the molecule is Nc1nc(NC(=O)NC(Cl)(Cl)CCl)ccc1N=Nc1ccccc1. The molecule has 0 aliphatic heterocycles. The summed E-state index contributed by atoms with van der Waals surface area (Å²) in [7, 11) is 0. The lowest BCUT2D eigenvalue weighted by Crippen LogP contribution is -2.43. The fourth-order valence-electron chi connectivity index (χ4n) is 1.58. The normalized spacial score (nSPS) is 11.5. The van der Waals surface area contributed by atoms with Crippen molar-refractivity contribution in [3.05, 3.63) is 42.5 Å². The molecule has 4 N–H and O–H groups in total. The number of benzene rings is 1. The number of nitrogens with one attached hydrogen (secondary N) is 2. The number of aromatic nitrogens is 1. The molecule has 126 valence electrons. The monoisotopic (exact) mass is 386 g/mol. The van der Waals surface area contributed by atoms with Crippen LogP contribution in [0.15, 0.2) is 52.7 Å². The van der Waals surface area contributed by atoms with E-state index in [2.05, 4.69) is 25.8 Å². The second-order valence-electron chi connectivity index (χ2n) is 4.55. The van der Waals surface area contributed by atoms with Crippen molar-refractivity contribution in [2.24, 2.45) is 10.2 Å². The Bertz CT molecular complexity index is 739. The minimum atomic E-state index is -1.58. The Morgan fingerprint density at radius 2 is 1.88 bits per heavy atom. The van der Waals surface area contributed by atoms with Crippen LogP contribution in [-0.2, 0) is 0 Å². The predicted octanol–water partition coefficient (Wildman–Crippen LogP) is 4.57. The van der Waals surface area contributed by atoms with Gasteiger partial charge in [0.1, 0.15) is 11.5 Å². The first-order valence-corrected chi connectivity index (χ1v) is 7.95. The van der Waals surface area contributed by atoms with Crippen molar-refractivity contribution in [2.75, 3.05) is 16.9 Å². The highest BCUT2D eigenvalue weighted by molar-refractivity contribution is 6.51. The third-order valence-electron chi connectivity index (χ3n) is 2.64. The van der Waals surface area contributed by atoms with Gasteiger partial charge in [0, 0.05) is 0 Å². The summed E-state index contributed by atoms with van der Waals surface area (Å²) in [5.41, 5.74) is 6.86. The molecule has 0 aliphatic rings. The number of azo groups is 1. The summed E-state index contributed by atoms with van der Waals surface area (Å²) in [5, 5.41) is 12.8. The number of nitrogens with two attached hydrogens (primary N) is 1. The molecule has 1 aromatic carbocycles. The van der Waals surface area contributed by atoms with Gasteiger partial charge in [0.15, 0.2) is 5.82 Å². The van der Waals surface area contributed by atoms with Crippen molar-refractivity contribution in [3.63, 3.8) is 0 Å². The molecule has 2 aromatic rings. The minimum absolute atomic E-state index is 0.104. The summed E-state index contributed by atoms with van der Waals surface area (Å²) in [6.07, 6.45) is 0.